The molecular formula is C12H14N2O2S. The minimum absolute atomic E-state index is 0.209. The lowest BCUT2D eigenvalue weighted by molar-refractivity contribution is 0.589. The maximum Gasteiger partial charge on any atom is 0.238 e. The molecule has 1 fully saturated rings. The minimum Gasteiger partial charge on any atom is -0.269 e. The summed E-state index contributed by atoms with van der Waals surface area (Å²) in [6, 6.07) is 11.0. The van der Waals surface area contributed by atoms with Crippen molar-refractivity contribution in [3.63, 3.8) is 0 Å². The molecule has 90 valence electrons. The van der Waals surface area contributed by atoms with Gasteiger partial charge in [-0.15, -0.1) is 0 Å². The standard InChI is InChI=1S/C12H14N2O2S/c13-9-4-10-14(11-5-2-1-3-6-11)17(15,16)12-7-8-12/h1-3,5-6,12H,4,7-8,10H2. The summed E-state index contributed by atoms with van der Waals surface area (Å²) in [4.78, 5) is 0. The van der Waals surface area contributed by atoms with Gasteiger partial charge >= 0.3 is 0 Å². The van der Waals surface area contributed by atoms with Gasteiger partial charge in [0.1, 0.15) is 0 Å². The van der Waals surface area contributed by atoms with Crippen molar-refractivity contribution >= 4 is 15.7 Å². The second kappa shape index (κ2) is 4.76. The summed E-state index contributed by atoms with van der Waals surface area (Å²) >= 11 is 0. The highest BCUT2D eigenvalue weighted by Gasteiger charge is 2.40. The van der Waals surface area contributed by atoms with E-state index in [2.05, 4.69) is 0 Å². The summed E-state index contributed by atoms with van der Waals surface area (Å²) in [5.74, 6) is 0. The van der Waals surface area contributed by atoms with Gasteiger partial charge in [-0.1, -0.05) is 18.2 Å². The Balaban J connectivity index is 2.29. The van der Waals surface area contributed by atoms with Crippen molar-refractivity contribution in [1.29, 1.82) is 5.26 Å². The van der Waals surface area contributed by atoms with Crippen LogP contribution in [0.1, 0.15) is 19.3 Å². The Labute approximate surface area is 102 Å². The van der Waals surface area contributed by atoms with Crippen LogP contribution in [0.2, 0.25) is 0 Å². The zero-order chi connectivity index (χ0) is 12.3. The Bertz CT molecular complexity index is 515. The molecule has 0 aromatic heterocycles. The van der Waals surface area contributed by atoms with Crippen LogP contribution in [0.4, 0.5) is 5.69 Å². The fraction of sp³-hybridized carbons (Fsp3) is 0.417. The van der Waals surface area contributed by atoms with Crippen molar-refractivity contribution in [2.75, 3.05) is 10.8 Å². The highest BCUT2D eigenvalue weighted by Crippen LogP contribution is 2.33. The van der Waals surface area contributed by atoms with Gasteiger partial charge in [0.15, 0.2) is 0 Å². The van der Waals surface area contributed by atoms with Crippen molar-refractivity contribution in [2.45, 2.75) is 24.5 Å². The van der Waals surface area contributed by atoms with Gasteiger partial charge in [0, 0.05) is 6.54 Å². The molecule has 1 aromatic rings. The zero-order valence-corrected chi connectivity index (χ0v) is 10.2. The molecule has 1 aliphatic carbocycles. The van der Waals surface area contributed by atoms with Crippen LogP contribution in [0.15, 0.2) is 30.3 Å². The van der Waals surface area contributed by atoms with E-state index in [-0.39, 0.29) is 18.2 Å². The van der Waals surface area contributed by atoms with Crippen molar-refractivity contribution in [1.82, 2.24) is 0 Å². The molecule has 1 saturated carbocycles. The van der Waals surface area contributed by atoms with Crippen molar-refractivity contribution < 1.29 is 8.42 Å². The summed E-state index contributed by atoms with van der Waals surface area (Å²) in [5, 5.41) is 8.36. The summed E-state index contributed by atoms with van der Waals surface area (Å²) in [6.45, 7) is 0.235. The molecule has 1 aromatic carbocycles. The Hall–Kier alpha value is -1.54. The number of sulfonamides is 1. The number of benzene rings is 1. The first-order valence-corrected chi connectivity index (χ1v) is 7.10. The molecule has 1 aliphatic rings. The van der Waals surface area contributed by atoms with Gasteiger partial charge in [-0.25, -0.2) is 8.42 Å². The first-order valence-electron chi connectivity index (χ1n) is 5.60. The summed E-state index contributed by atoms with van der Waals surface area (Å²) < 4.78 is 25.8. The summed E-state index contributed by atoms with van der Waals surface area (Å²) in [7, 11) is -3.27. The molecule has 17 heavy (non-hydrogen) atoms. The highest BCUT2D eigenvalue weighted by molar-refractivity contribution is 7.93. The number of para-hydroxylation sites is 1. The molecule has 0 spiro atoms. The van der Waals surface area contributed by atoms with Gasteiger partial charge in [-0.3, -0.25) is 4.31 Å². The molecule has 0 unspecified atom stereocenters. The monoisotopic (exact) mass is 250 g/mol. The normalized spacial score (nSPS) is 15.2. The van der Waals surface area contributed by atoms with E-state index in [0.29, 0.717) is 5.69 Å². The van der Waals surface area contributed by atoms with Crippen molar-refractivity contribution in [3.05, 3.63) is 30.3 Å². The fourth-order valence-corrected chi connectivity index (χ4v) is 3.55. The van der Waals surface area contributed by atoms with Crippen molar-refractivity contribution in [3.8, 4) is 6.07 Å². The van der Waals surface area contributed by atoms with Crippen LogP contribution in [-0.2, 0) is 10.0 Å². The third kappa shape index (κ3) is 2.59. The van der Waals surface area contributed by atoms with Gasteiger partial charge in [-0.05, 0) is 25.0 Å². The van der Waals surface area contributed by atoms with Crippen LogP contribution in [0, 0.1) is 11.3 Å². The minimum atomic E-state index is -3.27. The second-order valence-electron chi connectivity index (χ2n) is 4.06. The van der Waals surface area contributed by atoms with E-state index in [4.69, 9.17) is 5.26 Å². The molecule has 5 heteroatoms. The topological polar surface area (TPSA) is 61.2 Å². The van der Waals surface area contributed by atoms with E-state index in [1.165, 1.54) is 4.31 Å². The van der Waals surface area contributed by atoms with E-state index < -0.39 is 10.0 Å². The molecular weight excluding hydrogens is 236 g/mol. The van der Waals surface area contributed by atoms with Gasteiger partial charge < -0.3 is 0 Å². The number of nitrogens with zero attached hydrogens (tertiary/aromatic N) is 2. The SMILES string of the molecule is N#CCCN(c1ccccc1)S(=O)(=O)C1CC1. The molecule has 2 rings (SSSR count). The lowest BCUT2D eigenvalue weighted by atomic mass is 10.3. The first kappa shape index (κ1) is 11.9. The van der Waals surface area contributed by atoms with Crippen LogP contribution in [0.5, 0.6) is 0 Å². The average molecular weight is 250 g/mol. The third-order valence-corrected chi connectivity index (χ3v) is 5.05. The van der Waals surface area contributed by atoms with E-state index >= 15 is 0 Å². The van der Waals surface area contributed by atoms with Crippen LogP contribution >= 0.6 is 0 Å². The Morgan fingerprint density at radius 1 is 1.29 bits per heavy atom. The third-order valence-electron chi connectivity index (χ3n) is 2.72. The molecule has 0 aliphatic heterocycles. The molecule has 0 N–H and O–H groups in total. The Kier molecular flexibility index (Phi) is 3.34. The predicted molar refractivity (Wildman–Crippen MR) is 66.0 cm³/mol. The molecule has 0 atom stereocenters. The van der Waals surface area contributed by atoms with Gasteiger partial charge in [0.05, 0.1) is 23.4 Å². The number of rotatable bonds is 5. The maximum atomic E-state index is 12.2. The molecule has 0 saturated heterocycles. The maximum absolute atomic E-state index is 12.2. The largest absolute Gasteiger partial charge is 0.269 e. The molecule has 0 amide bonds. The number of hydrogen-bond donors (Lipinski definition) is 0. The highest BCUT2D eigenvalue weighted by atomic mass is 32.2. The van der Waals surface area contributed by atoms with E-state index in [1.54, 1.807) is 24.3 Å². The molecule has 0 bridgehead atoms. The lowest BCUT2D eigenvalue weighted by Gasteiger charge is -2.23. The van der Waals surface area contributed by atoms with Crippen LogP contribution in [-0.4, -0.2) is 20.2 Å². The second-order valence-corrected chi connectivity index (χ2v) is 6.20. The number of hydrogen-bond acceptors (Lipinski definition) is 3. The van der Waals surface area contributed by atoms with E-state index in [0.717, 1.165) is 12.8 Å². The van der Waals surface area contributed by atoms with Crippen LogP contribution in [0.25, 0.3) is 0 Å². The average Bonchev–Trinajstić information content (AvgIpc) is 3.15. The summed E-state index contributed by atoms with van der Waals surface area (Å²) in [6.07, 6.45) is 1.68. The lowest BCUT2D eigenvalue weighted by Crippen LogP contribution is -2.34. The first-order chi connectivity index (χ1) is 8.16. The van der Waals surface area contributed by atoms with Gasteiger partial charge in [0.2, 0.25) is 10.0 Å². The smallest absolute Gasteiger partial charge is 0.238 e. The van der Waals surface area contributed by atoms with Gasteiger partial charge in [0.25, 0.3) is 0 Å². The summed E-state index contributed by atoms with van der Waals surface area (Å²) in [5.41, 5.74) is 0.648. The zero-order valence-electron chi connectivity index (χ0n) is 9.41. The molecule has 0 heterocycles. The van der Waals surface area contributed by atoms with Gasteiger partial charge in [-0.2, -0.15) is 5.26 Å². The van der Waals surface area contributed by atoms with Crippen molar-refractivity contribution in [2.24, 2.45) is 0 Å². The molecule has 0 radical (unpaired) electrons. The number of anilines is 1. The van der Waals surface area contributed by atoms with E-state index in [1.807, 2.05) is 12.1 Å². The predicted octanol–water partition coefficient (Wildman–Crippen LogP) is 1.90. The fourth-order valence-electron chi connectivity index (χ4n) is 1.69. The number of nitriles is 1. The molecule has 4 nitrogen and oxygen atoms in total. The quantitative estimate of drug-likeness (QED) is 0.801. The van der Waals surface area contributed by atoms with E-state index in [9.17, 15) is 8.42 Å². The Morgan fingerprint density at radius 2 is 1.94 bits per heavy atom. The van der Waals surface area contributed by atoms with Crippen LogP contribution in [0.3, 0.4) is 0 Å². The Morgan fingerprint density at radius 3 is 2.47 bits per heavy atom. The van der Waals surface area contributed by atoms with Crippen LogP contribution < -0.4 is 4.31 Å².